The molecule has 0 aromatic carbocycles. The lowest BCUT2D eigenvalue weighted by Gasteiger charge is -2.20. The average molecular weight is 243 g/mol. The highest BCUT2D eigenvalue weighted by Crippen LogP contribution is 2.23. The largest absolute Gasteiger partial charge is 0.293 e. The normalized spacial score (nSPS) is 18.4. The fraction of sp³-hybridized carbons (Fsp3) is 0.182. The zero-order valence-corrected chi connectivity index (χ0v) is 9.49. The van der Waals surface area contributed by atoms with Crippen LogP contribution in [0.4, 0.5) is 5.95 Å². The molecule has 2 aromatic rings. The summed E-state index contributed by atoms with van der Waals surface area (Å²) in [4.78, 5) is 32.1. The number of aryl methyl sites for hydroxylation is 1. The molecule has 3 rings (SSSR count). The Morgan fingerprint density at radius 1 is 1.33 bits per heavy atom. The van der Waals surface area contributed by atoms with E-state index in [-0.39, 0.29) is 5.95 Å². The molecule has 0 saturated carbocycles. The molecule has 0 fully saturated rings. The van der Waals surface area contributed by atoms with Gasteiger partial charge in [0.25, 0.3) is 5.91 Å². The van der Waals surface area contributed by atoms with Crippen molar-refractivity contribution in [3.63, 3.8) is 0 Å². The molecule has 90 valence electrons. The predicted octanol–water partition coefficient (Wildman–Crippen LogP) is 0.358. The van der Waals surface area contributed by atoms with Crippen molar-refractivity contribution >= 4 is 17.8 Å². The molecule has 0 radical (unpaired) electrons. The summed E-state index contributed by atoms with van der Waals surface area (Å²) in [5.41, 5.74) is 1.16. The van der Waals surface area contributed by atoms with Gasteiger partial charge in [0.05, 0.1) is 5.69 Å². The van der Waals surface area contributed by atoms with Crippen molar-refractivity contribution in [2.45, 2.75) is 12.8 Å². The Balaban J connectivity index is 2.08. The SMILES string of the molecule is Cc1cccc(C2C(=O)Nc3ncnn3C2=O)n1. The van der Waals surface area contributed by atoms with Crippen molar-refractivity contribution in [3.8, 4) is 0 Å². The molecule has 1 amide bonds. The van der Waals surface area contributed by atoms with Crippen LogP contribution < -0.4 is 5.32 Å². The van der Waals surface area contributed by atoms with E-state index >= 15 is 0 Å². The van der Waals surface area contributed by atoms with Crippen LogP contribution in [0.15, 0.2) is 24.5 Å². The summed E-state index contributed by atoms with van der Waals surface area (Å²) in [5, 5.41) is 6.31. The minimum Gasteiger partial charge on any atom is -0.293 e. The highest BCUT2D eigenvalue weighted by atomic mass is 16.2. The topological polar surface area (TPSA) is 89.8 Å². The van der Waals surface area contributed by atoms with Gasteiger partial charge in [-0.2, -0.15) is 14.8 Å². The summed E-state index contributed by atoms with van der Waals surface area (Å²) in [6, 6.07) is 5.21. The van der Waals surface area contributed by atoms with E-state index in [2.05, 4.69) is 20.4 Å². The van der Waals surface area contributed by atoms with Crippen molar-refractivity contribution in [1.29, 1.82) is 0 Å². The molecule has 1 unspecified atom stereocenters. The minimum atomic E-state index is -0.973. The van der Waals surface area contributed by atoms with Crippen LogP contribution in [0.3, 0.4) is 0 Å². The first kappa shape index (κ1) is 10.6. The second kappa shape index (κ2) is 3.73. The fourth-order valence-electron chi connectivity index (χ4n) is 1.89. The molecule has 0 saturated heterocycles. The first-order valence-corrected chi connectivity index (χ1v) is 5.35. The Kier molecular flexibility index (Phi) is 2.19. The zero-order valence-electron chi connectivity index (χ0n) is 9.49. The van der Waals surface area contributed by atoms with E-state index in [1.54, 1.807) is 25.1 Å². The Hall–Kier alpha value is -2.57. The molecular formula is C11H9N5O2. The van der Waals surface area contributed by atoms with Crippen LogP contribution in [0.1, 0.15) is 22.1 Å². The Labute approximate surface area is 102 Å². The number of rotatable bonds is 1. The smallest absolute Gasteiger partial charge is 0.268 e. The van der Waals surface area contributed by atoms with Crippen molar-refractivity contribution in [1.82, 2.24) is 19.7 Å². The number of anilines is 1. The van der Waals surface area contributed by atoms with Gasteiger partial charge in [0.2, 0.25) is 11.9 Å². The maximum Gasteiger partial charge on any atom is 0.268 e. The number of carbonyl (C=O) groups is 2. The van der Waals surface area contributed by atoms with E-state index in [0.717, 1.165) is 10.4 Å². The van der Waals surface area contributed by atoms with Crippen molar-refractivity contribution in [2.75, 3.05) is 5.32 Å². The molecule has 0 aliphatic carbocycles. The number of pyridine rings is 1. The highest BCUT2D eigenvalue weighted by molar-refractivity contribution is 6.14. The third kappa shape index (κ3) is 1.48. The van der Waals surface area contributed by atoms with E-state index in [1.165, 1.54) is 6.33 Å². The average Bonchev–Trinajstić information content (AvgIpc) is 2.77. The van der Waals surface area contributed by atoms with Gasteiger partial charge < -0.3 is 0 Å². The lowest BCUT2D eigenvalue weighted by Crippen LogP contribution is -2.38. The molecule has 2 aromatic heterocycles. The van der Waals surface area contributed by atoms with Crippen molar-refractivity contribution in [2.24, 2.45) is 0 Å². The van der Waals surface area contributed by atoms with Gasteiger partial charge in [-0.1, -0.05) is 6.07 Å². The van der Waals surface area contributed by atoms with Crippen molar-refractivity contribution < 1.29 is 9.59 Å². The molecule has 0 spiro atoms. The van der Waals surface area contributed by atoms with Crippen LogP contribution in [-0.4, -0.2) is 31.6 Å². The second-order valence-corrected chi connectivity index (χ2v) is 3.96. The summed E-state index contributed by atoms with van der Waals surface area (Å²) >= 11 is 0. The summed E-state index contributed by atoms with van der Waals surface area (Å²) in [6.07, 6.45) is 1.22. The number of carbonyl (C=O) groups excluding carboxylic acids is 2. The van der Waals surface area contributed by atoms with Crippen LogP contribution in [0, 0.1) is 6.92 Å². The lowest BCUT2D eigenvalue weighted by molar-refractivity contribution is -0.117. The van der Waals surface area contributed by atoms with E-state index in [0.29, 0.717) is 5.69 Å². The van der Waals surface area contributed by atoms with Gasteiger partial charge in [-0.15, -0.1) is 0 Å². The number of hydrogen-bond donors (Lipinski definition) is 1. The zero-order chi connectivity index (χ0) is 12.7. The molecule has 1 N–H and O–H groups in total. The molecule has 1 aliphatic heterocycles. The highest BCUT2D eigenvalue weighted by Gasteiger charge is 2.37. The van der Waals surface area contributed by atoms with E-state index in [1.807, 2.05) is 0 Å². The van der Waals surface area contributed by atoms with Crippen LogP contribution >= 0.6 is 0 Å². The summed E-state index contributed by atoms with van der Waals surface area (Å²) < 4.78 is 1.08. The van der Waals surface area contributed by atoms with Gasteiger partial charge in [-0.25, -0.2) is 0 Å². The summed E-state index contributed by atoms with van der Waals surface area (Å²) in [7, 11) is 0. The Bertz CT molecular complexity index is 648. The van der Waals surface area contributed by atoms with Crippen molar-refractivity contribution in [3.05, 3.63) is 35.9 Å². The van der Waals surface area contributed by atoms with Gasteiger partial charge in [0, 0.05) is 5.69 Å². The quantitative estimate of drug-likeness (QED) is 0.730. The molecular weight excluding hydrogens is 234 g/mol. The summed E-state index contributed by atoms with van der Waals surface area (Å²) in [6.45, 7) is 1.80. The minimum absolute atomic E-state index is 0.147. The van der Waals surface area contributed by atoms with Gasteiger partial charge >= 0.3 is 0 Å². The van der Waals surface area contributed by atoms with Crippen LogP contribution in [0.25, 0.3) is 0 Å². The lowest BCUT2D eigenvalue weighted by atomic mass is 10.0. The van der Waals surface area contributed by atoms with E-state index in [9.17, 15) is 9.59 Å². The first-order valence-electron chi connectivity index (χ1n) is 5.35. The number of fused-ring (bicyclic) bond motifs is 1. The summed E-state index contributed by atoms with van der Waals surface area (Å²) in [5.74, 6) is -1.70. The molecule has 1 aliphatic rings. The molecule has 18 heavy (non-hydrogen) atoms. The fourth-order valence-corrected chi connectivity index (χ4v) is 1.89. The Morgan fingerprint density at radius 2 is 2.17 bits per heavy atom. The monoisotopic (exact) mass is 243 g/mol. The van der Waals surface area contributed by atoms with Gasteiger partial charge in [0.15, 0.2) is 5.92 Å². The maximum absolute atomic E-state index is 12.2. The molecule has 1 atom stereocenters. The Morgan fingerprint density at radius 3 is 2.94 bits per heavy atom. The standard InChI is InChI=1S/C11H9N5O2/c1-6-3-2-4-7(14-6)8-9(17)15-11-12-5-13-16(11)10(8)18/h2-5,8H,1H3,(H,12,13,15,17). The predicted molar refractivity (Wildman–Crippen MR) is 61.0 cm³/mol. The first-order chi connectivity index (χ1) is 8.66. The van der Waals surface area contributed by atoms with Gasteiger partial charge in [-0.05, 0) is 19.1 Å². The van der Waals surface area contributed by atoms with Gasteiger partial charge in [0.1, 0.15) is 6.33 Å². The maximum atomic E-state index is 12.2. The van der Waals surface area contributed by atoms with Crippen LogP contribution in [0.2, 0.25) is 0 Å². The third-order valence-corrected chi connectivity index (χ3v) is 2.71. The third-order valence-electron chi connectivity index (χ3n) is 2.71. The molecule has 0 bridgehead atoms. The van der Waals surface area contributed by atoms with E-state index in [4.69, 9.17) is 0 Å². The van der Waals surface area contributed by atoms with Gasteiger partial charge in [-0.3, -0.25) is 19.9 Å². The second-order valence-electron chi connectivity index (χ2n) is 3.96. The van der Waals surface area contributed by atoms with E-state index < -0.39 is 17.7 Å². The number of aromatic nitrogens is 4. The number of nitrogens with zero attached hydrogens (tertiary/aromatic N) is 4. The number of hydrogen-bond acceptors (Lipinski definition) is 5. The van der Waals surface area contributed by atoms with Crippen LogP contribution in [0.5, 0.6) is 0 Å². The molecule has 3 heterocycles. The number of nitrogens with one attached hydrogen (secondary N) is 1. The number of amides is 1. The molecule has 7 heteroatoms. The van der Waals surface area contributed by atoms with Crippen LogP contribution in [-0.2, 0) is 4.79 Å². The molecule has 7 nitrogen and oxygen atoms in total.